The monoisotopic (exact) mass is 295 g/mol. The van der Waals surface area contributed by atoms with Crippen LogP contribution in [0.1, 0.15) is 25.4 Å². The minimum atomic E-state index is -0.0358. The lowest BCUT2D eigenvalue weighted by molar-refractivity contribution is 0.321. The highest BCUT2D eigenvalue weighted by molar-refractivity contribution is 9.10. The van der Waals surface area contributed by atoms with Crippen molar-refractivity contribution < 1.29 is 0 Å². The van der Waals surface area contributed by atoms with Crippen LogP contribution in [0.5, 0.6) is 0 Å². The largest absolute Gasteiger partial charge is 0.327 e. The molecule has 1 atom stereocenters. The van der Waals surface area contributed by atoms with E-state index in [1.165, 1.54) is 12.8 Å². The quantitative estimate of drug-likeness (QED) is 0.849. The Hall–Kier alpha value is -1.07. The normalized spacial score (nSPS) is 20.9. The number of rotatable bonds is 1. The van der Waals surface area contributed by atoms with Crippen molar-refractivity contribution in [3.63, 3.8) is 0 Å². The Morgan fingerprint density at radius 2 is 2.24 bits per heavy atom. The van der Waals surface area contributed by atoms with Gasteiger partial charge >= 0.3 is 5.69 Å². The Morgan fingerprint density at radius 3 is 3.00 bits per heavy atom. The Kier molecular flexibility index (Phi) is 2.80. The van der Waals surface area contributed by atoms with Gasteiger partial charge < -0.3 is 4.98 Å². The molecule has 5 heteroatoms. The standard InChI is InChI=1S/C12H14BrN3O/c13-8-4-3-5-9-11(8)15-12(17)16(9)10-6-1-2-7-14-10/h3-5,10,14H,1-2,6-7H2,(H,15,17). The average molecular weight is 296 g/mol. The van der Waals surface area contributed by atoms with Gasteiger partial charge in [-0.3, -0.25) is 9.88 Å². The Bertz CT molecular complexity index is 595. The summed E-state index contributed by atoms with van der Waals surface area (Å²) in [5.74, 6) is 0. The van der Waals surface area contributed by atoms with Crippen LogP contribution in [-0.4, -0.2) is 16.1 Å². The van der Waals surface area contributed by atoms with Crippen molar-refractivity contribution in [1.29, 1.82) is 0 Å². The van der Waals surface area contributed by atoms with E-state index in [0.717, 1.165) is 28.5 Å². The number of aromatic amines is 1. The summed E-state index contributed by atoms with van der Waals surface area (Å²) >= 11 is 3.46. The number of H-pyrrole nitrogens is 1. The minimum absolute atomic E-state index is 0.0358. The molecule has 1 fully saturated rings. The van der Waals surface area contributed by atoms with Crippen molar-refractivity contribution in [2.24, 2.45) is 0 Å². The summed E-state index contributed by atoms with van der Waals surface area (Å²) in [6, 6.07) is 5.88. The summed E-state index contributed by atoms with van der Waals surface area (Å²) in [5, 5.41) is 3.40. The first-order valence-electron chi connectivity index (χ1n) is 5.89. The number of nitrogens with zero attached hydrogens (tertiary/aromatic N) is 1. The molecule has 2 aromatic rings. The number of aromatic nitrogens is 2. The van der Waals surface area contributed by atoms with E-state index < -0.39 is 0 Å². The van der Waals surface area contributed by atoms with Gasteiger partial charge in [0.1, 0.15) is 0 Å². The van der Waals surface area contributed by atoms with E-state index in [-0.39, 0.29) is 11.9 Å². The Labute approximate surface area is 107 Å². The molecule has 0 saturated carbocycles. The average Bonchev–Trinajstić information content (AvgIpc) is 2.68. The molecule has 90 valence electrons. The molecule has 2 N–H and O–H groups in total. The fraction of sp³-hybridized carbons (Fsp3) is 0.417. The number of fused-ring (bicyclic) bond motifs is 1. The van der Waals surface area contributed by atoms with Gasteiger partial charge in [0.05, 0.1) is 17.2 Å². The molecular formula is C12H14BrN3O. The molecule has 3 rings (SSSR count). The summed E-state index contributed by atoms with van der Waals surface area (Å²) in [6.45, 7) is 0.984. The van der Waals surface area contributed by atoms with E-state index in [2.05, 4.69) is 26.2 Å². The molecule has 1 aliphatic rings. The van der Waals surface area contributed by atoms with E-state index in [9.17, 15) is 4.79 Å². The number of imidazole rings is 1. The number of halogens is 1. The smallest absolute Gasteiger partial charge is 0.304 e. The van der Waals surface area contributed by atoms with Crippen LogP contribution < -0.4 is 11.0 Å². The second-order valence-corrected chi connectivity index (χ2v) is 5.25. The molecule has 1 aromatic heterocycles. The first kappa shape index (κ1) is 11.0. The lowest BCUT2D eigenvalue weighted by Crippen LogP contribution is -2.36. The van der Waals surface area contributed by atoms with E-state index in [0.29, 0.717) is 0 Å². The second-order valence-electron chi connectivity index (χ2n) is 4.40. The topological polar surface area (TPSA) is 49.8 Å². The number of para-hydroxylation sites is 1. The third-order valence-electron chi connectivity index (χ3n) is 3.30. The molecule has 1 aliphatic heterocycles. The van der Waals surface area contributed by atoms with E-state index in [4.69, 9.17) is 0 Å². The van der Waals surface area contributed by atoms with Crippen molar-refractivity contribution in [3.05, 3.63) is 33.2 Å². The van der Waals surface area contributed by atoms with Crippen LogP contribution in [0, 0.1) is 0 Å². The van der Waals surface area contributed by atoms with Gasteiger partial charge in [0, 0.05) is 4.47 Å². The predicted octanol–water partition coefficient (Wildman–Crippen LogP) is 2.36. The Morgan fingerprint density at radius 1 is 1.35 bits per heavy atom. The van der Waals surface area contributed by atoms with Crippen molar-refractivity contribution in [3.8, 4) is 0 Å². The molecule has 1 aromatic carbocycles. The summed E-state index contributed by atoms with van der Waals surface area (Å²) in [7, 11) is 0. The SMILES string of the molecule is O=c1[nH]c2c(Br)cccc2n1C1CCCCN1. The lowest BCUT2D eigenvalue weighted by Gasteiger charge is -2.24. The highest BCUT2D eigenvalue weighted by Gasteiger charge is 2.19. The maximum atomic E-state index is 12.0. The van der Waals surface area contributed by atoms with Crippen LogP contribution in [0.2, 0.25) is 0 Å². The number of benzene rings is 1. The van der Waals surface area contributed by atoms with Crippen molar-refractivity contribution in [1.82, 2.24) is 14.9 Å². The minimum Gasteiger partial charge on any atom is -0.304 e. The van der Waals surface area contributed by atoms with Crippen LogP contribution in [0.4, 0.5) is 0 Å². The summed E-state index contributed by atoms with van der Waals surface area (Å²) in [5.41, 5.74) is 1.81. The third-order valence-corrected chi connectivity index (χ3v) is 3.96. The first-order valence-corrected chi connectivity index (χ1v) is 6.69. The molecule has 1 saturated heterocycles. The lowest BCUT2D eigenvalue weighted by atomic mass is 10.1. The number of piperidine rings is 1. The molecular weight excluding hydrogens is 282 g/mol. The highest BCUT2D eigenvalue weighted by atomic mass is 79.9. The molecule has 0 amide bonds. The zero-order chi connectivity index (χ0) is 11.8. The summed E-state index contributed by atoms with van der Waals surface area (Å²) in [6.07, 6.45) is 3.50. The highest BCUT2D eigenvalue weighted by Crippen LogP contribution is 2.24. The molecule has 1 unspecified atom stereocenters. The van der Waals surface area contributed by atoms with Gasteiger partial charge in [0.15, 0.2) is 0 Å². The Balaban J connectivity index is 2.18. The molecule has 0 radical (unpaired) electrons. The van der Waals surface area contributed by atoms with Gasteiger partial charge in [0.2, 0.25) is 0 Å². The van der Waals surface area contributed by atoms with Crippen molar-refractivity contribution >= 4 is 27.0 Å². The van der Waals surface area contributed by atoms with E-state index >= 15 is 0 Å². The number of hydrogen-bond donors (Lipinski definition) is 2. The molecule has 0 spiro atoms. The van der Waals surface area contributed by atoms with Gasteiger partial charge in [-0.2, -0.15) is 0 Å². The number of hydrogen-bond acceptors (Lipinski definition) is 2. The molecule has 0 bridgehead atoms. The first-order chi connectivity index (χ1) is 8.27. The molecule has 17 heavy (non-hydrogen) atoms. The van der Waals surface area contributed by atoms with Crippen LogP contribution >= 0.6 is 15.9 Å². The van der Waals surface area contributed by atoms with E-state index in [1.807, 2.05) is 22.8 Å². The molecule has 0 aliphatic carbocycles. The van der Waals surface area contributed by atoms with Gasteiger partial charge in [-0.15, -0.1) is 0 Å². The van der Waals surface area contributed by atoms with Gasteiger partial charge in [-0.05, 0) is 53.9 Å². The molecule has 4 nitrogen and oxygen atoms in total. The maximum Gasteiger partial charge on any atom is 0.327 e. The van der Waals surface area contributed by atoms with Gasteiger partial charge in [0.25, 0.3) is 0 Å². The van der Waals surface area contributed by atoms with Crippen LogP contribution in [-0.2, 0) is 0 Å². The van der Waals surface area contributed by atoms with E-state index in [1.54, 1.807) is 0 Å². The summed E-state index contributed by atoms with van der Waals surface area (Å²) < 4.78 is 2.76. The molecule has 2 heterocycles. The predicted molar refractivity (Wildman–Crippen MR) is 71.1 cm³/mol. The van der Waals surface area contributed by atoms with Crippen LogP contribution in [0.3, 0.4) is 0 Å². The van der Waals surface area contributed by atoms with Crippen LogP contribution in [0.15, 0.2) is 27.5 Å². The van der Waals surface area contributed by atoms with Crippen molar-refractivity contribution in [2.45, 2.75) is 25.4 Å². The second kappa shape index (κ2) is 4.31. The fourth-order valence-electron chi connectivity index (χ4n) is 2.48. The van der Waals surface area contributed by atoms with Crippen molar-refractivity contribution in [2.75, 3.05) is 6.54 Å². The van der Waals surface area contributed by atoms with Gasteiger partial charge in [-0.1, -0.05) is 6.07 Å². The summed E-state index contributed by atoms with van der Waals surface area (Å²) in [4.78, 5) is 14.9. The van der Waals surface area contributed by atoms with Gasteiger partial charge in [-0.25, -0.2) is 4.79 Å². The third kappa shape index (κ3) is 1.83. The number of nitrogens with one attached hydrogen (secondary N) is 2. The zero-order valence-electron chi connectivity index (χ0n) is 9.37. The van der Waals surface area contributed by atoms with Crippen LogP contribution in [0.25, 0.3) is 11.0 Å². The zero-order valence-corrected chi connectivity index (χ0v) is 11.0. The maximum absolute atomic E-state index is 12.0. The fourth-order valence-corrected chi connectivity index (χ4v) is 2.93.